The van der Waals surface area contributed by atoms with Crippen molar-refractivity contribution in [3.63, 3.8) is 0 Å². The minimum atomic E-state index is -0.621. The van der Waals surface area contributed by atoms with Crippen LogP contribution in [0.25, 0.3) is 0 Å². The van der Waals surface area contributed by atoms with Gasteiger partial charge in [-0.3, -0.25) is 4.79 Å². The zero-order valence-electron chi connectivity index (χ0n) is 12.2. The van der Waals surface area contributed by atoms with Gasteiger partial charge in [-0.25, -0.2) is 0 Å². The second kappa shape index (κ2) is 7.47. The zero-order chi connectivity index (χ0) is 15.9. The number of phenols is 2. The smallest absolute Gasteiger partial charge is 0.237 e. The second-order valence-corrected chi connectivity index (χ2v) is 5.18. The number of carbonyl (C=O) groups excluding carboxylic acids is 1. The number of carbonyl (C=O) groups is 1. The van der Waals surface area contributed by atoms with Crippen molar-refractivity contribution in [1.82, 2.24) is 5.32 Å². The average molecular weight is 300 g/mol. The molecule has 5 nitrogen and oxygen atoms in total. The molecule has 0 bridgehead atoms. The van der Waals surface area contributed by atoms with Crippen LogP contribution in [0.2, 0.25) is 0 Å². The van der Waals surface area contributed by atoms with Crippen LogP contribution in [0.5, 0.6) is 11.5 Å². The molecule has 0 aliphatic carbocycles. The minimum absolute atomic E-state index is 0.190. The Morgan fingerprint density at radius 2 is 1.45 bits per heavy atom. The van der Waals surface area contributed by atoms with Crippen LogP contribution in [-0.2, 0) is 17.6 Å². The fraction of sp³-hybridized carbons (Fsp3) is 0.235. The number of amides is 1. The van der Waals surface area contributed by atoms with Gasteiger partial charge in [-0.1, -0.05) is 24.3 Å². The van der Waals surface area contributed by atoms with E-state index >= 15 is 0 Å². The van der Waals surface area contributed by atoms with Crippen LogP contribution in [0.3, 0.4) is 0 Å². The number of hydrogen-bond acceptors (Lipinski definition) is 4. The van der Waals surface area contributed by atoms with Gasteiger partial charge in [0.15, 0.2) is 0 Å². The molecule has 116 valence electrons. The lowest BCUT2D eigenvalue weighted by atomic mass is 10.1. The highest BCUT2D eigenvalue weighted by Gasteiger charge is 2.13. The lowest BCUT2D eigenvalue weighted by molar-refractivity contribution is -0.122. The molecule has 0 aromatic heterocycles. The number of hydrogen-bond donors (Lipinski definition) is 4. The van der Waals surface area contributed by atoms with Gasteiger partial charge < -0.3 is 21.3 Å². The fourth-order valence-electron chi connectivity index (χ4n) is 2.10. The maximum absolute atomic E-state index is 11.9. The number of benzene rings is 2. The highest BCUT2D eigenvalue weighted by molar-refractivity contribution is 5.81. The molecule has 5 heteroatoms. The lowest BCUT2D eigenvalue weighted by Gasteiger charge is -2.12. The van der Waals surface area contributed by atoms with E-state index in [2.05, 4.69) is 5.32 Å². The first-order chi connectivity index (χ1) is 10.5. The summed E-state index contributed by atoms with van der Waals surface area (Å²) in [6.07, 6.45) is 1.10. The van der Waals surface area contributed by atoms with Crippen molar-refractivity contribution in [3.05, 3.63) is 59.7 Å². The van der Waals surface area contributed by atoms with E-state index in [0.717, 1.165) is 11.1 Å². The SMILES string of the molecule is N[C@@H](Cc1ccc(O)cc1)C(=O)NCCc1ccc(O)cc1. The Morgan fingerprint density at radius 3 is 2.00 bits per heavy atom. The van der Waals surface area contributed by atoms with Crippen molar-refractivity contribution in [3.8, 4) is 11.5 Å². The Kier molecular flexibility index (Phi) is 5.38. The topological polar surface area (TPSA) is 95.6 Å². The van der Waals surface area contributed by atoms with Gasteiger partial charge in [-0.05, 0) is 48.2 Å². The van der Waals surface area contributed by atoms with Gasteiger partial charge in [-0.15, -0.1) is 0 Å². The lowest BCUT2D eigenvalue weighted by Crippen LogP contribution is -2.42. The van der Waals surface area contributed by atoms with Gasteiger partial charge >= 0.3 is 0 Å². The van der Waals surface area contributed by atoms with Crippen LogP contribution >= 0.6 is 0 Å². The number of phenolic OH excluding ortho intramolecular Hbond substituents is 2. The molecule has 22 heavy (non-hydrogen) atoms. The third kappa shape index (κ3) is 4.79. The Morgan fingerprint density at radius 1 is 0.955 bits per heavy atom. The number of nitrogens with one attached hydrogen (secondary N) is 1. The molecule has 2 rings (SSSR count). The van der Waals surface area contributed by atoms with Gasteiger partial charge in [-0.2, -0.15) is 0 Å². The molecule has 0 unspecified atom stereocenters. The largest absolute Gasteiger partial charge is 0.508 e. The Balaban J connectivity index is 1.76. The minimum Gasteiger partial charge on any atom is -0.508 e. The highest BCUT2D eigenvalue weighted by atomic mass is 16.3. The van der Waals surface area contributed by atoms with Crippen molar-refractivity contribution in [2.75, 3.05) is 6.54 Å². The van der Waals surface area contributed by atoms with E-state index in [1.54, 1.807) is 36.4 Å². The fourth-order valence-corrected chi connectivity index (χ4v) is 2.10. The normalized spacial score (nSPS) is 11.9. The number of nitrogens with two attached hydrogens (primary N) is 1. The van der Waals surface area contributed by atoms with E-state index in [1.165, 1.54) is 0 Å². The molecule has 1 amide bonds. The van der Waals surface area contributed by atoms with Crippen LogP contribution in [0, 0.1) is 0 Å². The zero-order valence-corrected chi connectivity index (χ0v) is 12.2. The van der Waals surface area contributed by atoms with E-state index in [9.17, 15) is 15.0 Å². The van der Waals surface area contributed by atoms with Gasteiger partial charge in [0.25, 0.3) is 0 Å². The molecule has 2 aromatic rings. The average Bonchev–Trinajstić information content (AvgIpc) is 2.51. The molecule has 0 fully saturated rings. The maximum Gasteiger partial charge on any atom is 0.237 e. The third-order valence-corrected chi connectivity index (χ3v) is 3.38. The summed E-state index contributed by atoms with van der Waals surface area (Å²) in [4.78, 5) is 11.9. The molecular formula is C17H20N2O3. The molecule has 0 spiro atoms. The van der Waals surface area contributed by atoms with Crippen LogP contribution in [0.1, 0.15) is 11.1 Å². The van der Waals surface area contributed by atoms with Crippen LogP contribution < -0.4 is 11.1 Å². The van der Waals surface area contributed by atoms with E-state index in [1.807, 2.05) is 12.1 Å². The molecule has 0 saturated carbocycles. The summed E-state index contributed by atoms with van der Waals surface area (Å²) >= 11 is 0. The maximum atomic E-state index is 11.9. The monoisotopic (exact) mass is 300 g/mol. The van der Waals surface area contributed by atoms with Gasteiger partial charge in [0.05, 0.1) is 6.04 Å². The molecule has 1 atom stereocenters. The third-order valence-electron chi connectivity index (χ3n) is 3.38. The molecule has 5 N–H and O–H groups in total. The Bertz CT molecular complexity index is 609. The first-order valence-corrected chi connectivity index (χ1v) is 7.13. The van der Waals surface area contributed by atoms with Crippen LogP contribution in [0.15, 0.2) is 48.5 Å². The predicted octanol–water partition coefficient (Wildman–Crippen LogP) is 1.33. The summed E-state index contributed by atoms with van der Waals surface area (Å²) in [5.41, 5.74) is 7.81. The Labute approximate surface area is 129 Å². The molecule has 2 aromatic carbocycles. The summed E-state index contributed by atoms with van der Waals surface area (Å²) in [5, 5.41) is 21.2. The van der Waals surface area contributed by atoms with E-state index in [0.29, 0.717) is 19.4 Å². The van der Waals surface area contributed by atoms with Crippen molar-refractivity contribution in [1.29, 1.82) is 0 Å². The standard InChI is InChI=1S/C17H20N2O3/c18-16(11-13-3-7-15(21)8-4-13)17(22)19-10-9-12-1-5-14(20)6-2-12/h1-8,16,20-21H,9-11,18H2,(H,19,22)/t16-/m0/s1. The van der Waals surface area contributed by atoms with Crippen molar-refractivity contribution >= 4 is 5.91 Å². The second-order valence-electron chi connectivity index (χ2n) is 5.18. The first kappa shape index (κ1) is 15.9. The van der Waals surface area contributed by atoms with E-state index in [-0.39, 0.29) is 17.4 Å². The molecule has 0 saturated heterocycles. The summed E-state index contributed by atoms with van der Waals surface area (Å²) in [6.45, 7) is 0.493. The number of rotatable bonds is 6. The van der Waals surface area contributed by atoms with Crippen molar-refractivity contribution < 1.29 is 15.0 Å². The first-order valence-electron chi connectivity index (χ1n) is 7.13. The predicted molar refractivity (Wildman–Crippen MR) is 84.6 cm³/mol. The highest BCUT2D eigenvalue weighted by Crippen LogP contribution is 2.11. The molecule has 0 aliphatic heterocycles. The molecule has 0 radical (unpaired) electrons. The Hall–Kier alpha value is -2.53. The summed E-state index contributed by atoms with van der Waals surface area (Å²) < 4.78 is 0. The molecule has 0 heterocycles. The molecule has 0 aliphatic rings. The van der Waals surface area contributed by atoms with E-state index in [4.69, 9.17) is 5.73 Å². The van der Waals surface area contributed by atoms with Crippen molar-refractivity contribution in [2.24, 2.45) is 5.73 Å². The van der Waals surface area contributed by atoms with Gasteiger partial charge in [0.2, 0.25) is 5.91 Å². The quantitative estimate of drug-likeness (QED) is 0.647. The van der Waals surface area contributed by atoms with Crippen LogP contribution in [-0.4, -0.2) is 28.7 Å². The van der Waals surface area contributed by atoms with E-state index < -0.39 is 6.04 Å². The van der Waals surface area contributed by atoms with Crippen LogP contribution in [0.4, 0.5) is 0 Å². The van der Waals surface area contributed by atoms with Crippen molar-refractivity contribution in [2.45, 2.75) is 18.9 Å². The summed E-state index contributed by atoms with van der Waals surface area (Å²) in [5.74, 6) is 0.214. The van der Waals surface area contributed by atoms with Gasteiger partial charge in [0.1, 0.15) is 11.5 Å². The molecular weight excluding hydrogens is 280 g/mol. The summed E-state index contributed by atoms with van der Waals surface area (Å²) in [6, 6.07) is 12.9. The summed E-state index contributed by atoms with van der Waals surface area (Å²) in [7, 11) is 0. The number of aromatic hydroxyl groups is 2. The van der Waals surface area contributed by atoms with Gasteiger partial charge in [0, 0.05) is 6.54 Å².